The maximum atomic E-state index is 14.1. The number of hydrogen-bond donors (Lipinski definition) is 0. The van der Waals surface area contributed by atoms with E-state index in [9.17, 15) is 9.18 Å². The largest absolute Gasteiger partial charge is 0.467 e. The van der Waals surface area contributed by atoms with Crippen molar-refractivity contribution in [1.82, 2.24) is 9.78 Å². The lowest BCUT2D eigenvalue weighted by Gasteiger charge is -2.15. The van der Waals surface area contributed by atoms with Gasteiger partial charge in [0.25, 0.3) is 0 Å². The van der Waals surface area contributed by atoms with E-state index < -0.39 is 17.8 Å². The summed E-state index contributed by atoms with van der Waals surface area (Å²) in [4.78, 5) is 12.2. The highest BCUT2D eigenvalue weighted by Gasteiger charge is 2.25. The molecule has 2 aromatic carbocycles. The molecule has 1 unspecified atom stereocenters. The van der Waals surface area contributed by atoms with E-state index in [1.165, 1.54) is 11.8 Å². The zero-order chi connectivity index (χ0) is 15.7. The van der Waals surface area contributed by atoms with Gasteiger partial charge in [0, 0.05) is 11.6 Å². The number of esters is 1. The highest BCUT2D eigenvalue weighted by Crippen LogP contribution is 2.27. The van der Waals surface area contributed by atoms with Crippen LogP contribution in [0.15, 0.2) is 53.1 Å². The van der Waals surface area contributed by atoms with E-state index in [0.717, 1.165) is 5.56 Å². The lowest BCUT2D eigenvalue weighted by molar-refractivity contribution is -0.143. The van der Waals surface area contributed by atoms with Crippen LogP contribution >= 0.6 is 15.9 Å². The predicted octanol–water partition coefficient (Wildman–Crippen LogP) is 3.70. The number of carbonyl (C=O) groups excluding carboxylic acids is 1. The van der Waals surface area contributed by atoms with Gasteiger partial charge < -0.3 is 4.74 Å². The van der Waals surface area contributed by atoms with Gasteiger partial charge in [-0.1, -0.05) is 30.3 Å². The zero-order valence-corrected chi connectivity index (χ0v) is 13.2. The van der Waals surface area contributed by atoms with Gasteiger partial charge in [0.15, 0.2) is 11.9 Å². The van der Waals surface area contributed by atoms with Crippen LogP contribution in [0.1, 0.15) is 11.6 Å². The van der Waals surface area contributed by atoms with Crippen LogP contribution in [-0.2, 0) is 9.53 Å². The van der Waals surface area contributed by atoms with Crippen molar-refractivity contribution in [3.63, 3.8) is 0 Å². The molecule has 112 valence electrons. The number of methoxy groups -OCH3 is 1. The predicted molar refractivity (Wildman–Crippen MR) is 84.0 cm³/mol. The standard InChI is InChI=1S/C16H12BrFN2O2/c1-22-16(21)15(10-5-3-2-4-6-10)20-9-11-7-8-12(17)13(18)14(11)19-20/h2-9,15H,1H3. The summed E-state index contributed by atoms with van der Waals surface area (Å²) in [5.41, 5.74) is 0.931. The summed E-state index contributed by atoms with van der Waals surface area (Å²) in [5.74, 6) is -0.911. The van der Waals surface area contributed by atoms with Crippen LogP contribution in [0.4, 0.5) is 4.39 Å². The summed E-state index contributed by atoms with van der Waals surface area (Å²) in [6.07, 6.45) is 1.64. The minimum atomic E-state index is -0.753. The monoisotopic (exact) mass is 362 g/mol. The molecular formula is C16H12BrFN2O2. The van der Waals surface area contributed by atoms with Crippen LogP contribution in [0, 0.1) is 5.82 Å². The van der Waals surface area contributed by atoms with Gasteiger partial charge in [-0.05, 0) is 33.6 Å². The molecule has 0 aliphatic heterocycles. The van der Waals surface area contributed by atoms with E-state index >= 15 is 0 Å². The number of ether oxygens (including phenoxy) is 1. The van der Waals surface area contributed by atoms with Crippen molar-refractivity contribution >= 4 is 32.8 Å². The molecule has 0 bridgehead atoms. The number of nitrogens with zero attached hydrogens (tertiary/aromatic N) is 2. The molecule has 0 aliphatic carbocycles. The first-order valence-corrected chi connectivity index (χ1v) is 7.36. The molecule has 1 atom stereocenters. The van der Waals surface area contributed by atoms with Gasteiger partial charge in [-0.15, -0.1) is 0 Å². The summed E-state index contributed by atoms with van der Waals surface area (Å²) in [6, 6.07) is 11.7. The van der Waals surface area contributed by atoms with E-state index in [1.807, 2.05) is 18.2 Å². The Labute approximate surface area is 134 Å². The van der Waals surface area contributed by atoms with Gasteiger partial charge in [0.1, 0.15) is 5.52 Å². The van der Waals surface area contributed by atoms with Crippen molar-refractivity contribution in [2.75, 3.05) is 7.11 Å². The average molecular weight is 363 g/mol. The molecule has 22 heavy (non-hydrogen) atoms. The Bertz CT molecular complexity index is 833. The zero-order valence-electron chi connectivity index (χ0n) is 11.7. The van der Waals surface area contributed by atoms with Crippen molar-refractivity contribution in [2.45, 2.75) is 6.04 Å². The fourth-order valence-corrected chi connectivity index (χ4v) is 2.64. The molecular weight excluding hydrogens is 351 g/mol. The van der Waals surface area contributed by atoms with Crippen molar-refractivity contribution in [1.29, 1.82) is 0 Å². The topological polar surface area (TPSA) is 44.1 Å². The van der Waals surface area contributed by atoms with Gasteiger partial charge in [-0.3, -0.25) is 4.68 Å². The fourth-order valence-electron chi connectivity index (χ4n) is 2.32. The van der Waals surface area contributed by atoms with Gasteiger partial charge >= 0.3 is 5.97 Å². The van der Waals surface area contributed by atoms with Crippen LogP contribution < -0.4 is 0 Å². The first-order chi connectivity index (χ1) is 10.6. The minimum absolute atomic E-state index is 0.208. The van der Waals surface area contributed by atoms with Crippen LogP contribution in [-0.4, -0.2) is 22.9 Å². The molecule has 6 heteroatoms. The quantitative estimate of drug-likeness (QED) is 0.667. The third-order valence-corrected chi connectivity index (χ3v) is 4.00. The van der Waals surface area contributed by atoms with Crippen LogP contribution in [0.5, 0.6) is 0 Å². The van der Waals surface area contributed by atoms with E-state index in [4.69, 9.17) is 4.74 Å². The fraction of sp³-hybridized carbons (Fsp3) is 0.125. The van der Waals surface area contributed by atoms with E-state index in [0.29, 0.717) is 9.86 Å². The molecule has 3 rings (SSSR count). The first kappa shape index (κ1) is 14.7. The van der Waals surface area contributed by atoms with Gasteiger partial charge in [0.2, 0.25) is 0 Å². The summed E-state index contributed by atoms with van der Waals surface area (Å²) >= 11 is 3.13. The Hall–Kier alpha value is -2.21. The van der Waals surface area contributed by atoms with Crippen LogP contribution in [0.25, 0.3) is 10.9 Å². The third kappa shape index (κ3) is 2.50. The summed E-state index contributed by atoms with van der Waals surface area (Å²) in [6.45, 7) is 0. The second-order valence-corrected chi connectivity index (χ2v) is 5.60. The number of halogens is 2. The molecule has 3 aromatic rings. The Kier molecular flexibility index (Phi) is 3.94. The Morgan fingerprint density at radius 2 is 2.00 bits per heavy atom. The number of aromatic nitrogens is 2. The van der Waals surface area contributed by atoms with Crippen molar-refractivity contribution < 1.29 is 13.9 Å². The Morgan fingerprint density at radius 3 is 2.68 bits per heavy atom. The first-order valence-electron chi connectivity index (χ1n) is 6.57. The van der Waals surface area contributed by atoms with Crippen LogP contribution in [0.3, 0.4) is 0 Å². The Morgan fingerprint density at radius 1 is 1.27 bits per heavy atom. The minimum Gasteiger partial charge on any atom is -0.467 e. The summed E-state index contributed by atoms with van der Waals surface area (Å²) in [5, 5.41) is 4.85. The van der Waals surface area contributed by atoms with Gasteiger partial charge in [0.05, 0.1) is 11.6 Å². The highest BCUT2D eigenvalue weighted by atomic mass is 79.9. The Balaban J connectivity index is 2.16. The van der Waals surface area contributed by atoms with E-state index in [1.54, 1.807) is 30.5 Å². The highest BCUT2D eigenvalue weighted by molar-refractivity contribution is 9.10. The van der Waals surface area contributed by atoms with Crippen molar-refractivity contribution in [2.24, 2.45) is 0 Å². The molecule has 0 saturated heterocycles. The molecule has 0 fully saturated rings. The van der Waals surface area contributed by atoms with Gasteiger partial charge in [-0.25, -0.2) is 9.18 Å². The van der Waals surface area contributed by atoms with E-state index in [2.05, 4.69) is 21.0 Å². The van der Waals surface area contributed by atoms with Crippen molar-refractivity contribution in [3.8, 4) is 0 Å². The second-order valence-electron chi connectivity index (χ2n) is 4.74. The molecule has 0 saturated carbocycles. The molecule has 0 radical (unpaired) electrons. The number of benzene rings is 2. The molecule has 0 spiro atoms. The number of carbonyl (C=O) groups is 1. The molecule has 0 amide bonds. The van der Waals surface area contributed by atoms with Crippen molar-refractivity contribution in [3.05, 3.63) is 64.5 Å². The van der Waals surface area contributed by atoms with Gasteiger partial charge in [-0.2, -0.15) is 5.10 Å². The third-order valence-electron chi connectivity index (χ3n) is 3.39. The second kappa shape index (κ2) is 5.88. The normalized spacial score (nSPS) is 12.3. The smallest absolute Gasteiger partial charge is 0.335 e. The number of fused-ring (bicyclic) bond motifs is 1. The molecule has 0 N–H and O–H groups in total. The average Bonchev–Trinajstić information content (AvgIpc) is 2.96. The maximum absolute atomic E-state index is 14.1. The molecule has 1 aromatic heterocycles. The maximum Gasteiger partial charge on any atom is 0.335 e. The molecule has 1 heterocycles. The van der Waals surface area contributed by atoms with Crippen LogP contribution in [0.2, 0.25) is 0 Å². The molecule has 4 nitrogen and oxygen atoms in total. The summed E-state index contributed by atoms with van der Waals surface area (Å²) in [7, 11) is 1.32. The number of hydrogen-bond acceptors (Lipinski definition) is 3. The molecule has 0 aliphatic rings. The van der Waals surface area contributed by atoms with E-state index in [-0.39, 0.29) is 5.52 Å². The number of rotatable bonds is 3. The lowest BCUT2D eigenvalue weighted by Crippen LogP contribution is -2.22. The lowest BCUT2D eigenvalue weighted by atomic mass is 10.1. The SMILES string of the molecule is COC(=O)C(c1ccccc1)n1cc2ccc(Br)c(F)c2n1. The summed E-state index contributed by atoms with van der Waals surface area (Å²) < 4.78 is 20.8.